The van der Waals surface area contributed by atoms with Crippen molar-refractivity contribution in [2.45, 2.75) is 13.1 Å². The van der Waals surface area contributed by atoms with E-state index in [2.05, 4.69) is 10.3 Å². The highest BCUT2D eigenvalue weighted by atomic mass is 19.1. The van der Waals surface area contributed by atoms with Gasteiger partial charge in [-0.05, 0) is 48.9 Å². The Morgan fingerprint density at radius 2 is 1.93 bits per heavy atom. The standard InChI is InChI=1S/C22H20FN3O3/c1-13-6-7-14(11-17(13)23)25-21-20-16(5-4-10-24-20)22(27)26(21)18-12-15(28-2)8-9-19(18)29-3/h4-12,21,25H,1-3H3/t21-/m0/s1. The van der Waals surface area contributed by atoms with E-state index in [1.165, 1.54) is 13.2 Å². The summed E-state index contributed by atoms with van der Waals surface area (Å²) in [6.07, 6.45) is 0.991. The molecule has 0 unspecified atom stereocenters. The number of aromatic nitrogens is 1. The van der Waals surface area contributed by atoms with Crippen LogP contribution in [0.15, 0.2) is 54.7 Å². The van der Waals surface area contributed by atoms with Crippen molar-refractivity contribution in [1.29, 1.82) is 0 Å². The summed E-state index contributed by atoms with van der Waals surface area (Å²) in [5, 5.41) is 3.24. The van der Waals surface area contributed by atoms with Gasteiger partial charge in [0.1, 0.15) is 17.3 Å². The molecule has 1 amide bonds. The number of carbonyl (C=O) groups excluding carboxylic acids is 1. The number of anilines is 2. The second-order valence-corrected chi connectivity index (χ2v) is 6.66. The normalized spacial score (nSPS) is 15.2. The van der Waals surface area contributed by atoms with E-state index < -0.39 is 6.17 Å². The van der Waals surface area contributed by atoms with Crippen LogP contribution >= 0.6 is 0 Å². The Hall–Kier alpha value is -3.61. The Labute approximate surface area is 167 Å². The summed E-state index contributed by atoms with van der Waals surface area (Å²) in [5.41, 5.74) is 2.64. The molecule has 0 radical (unpaired) electrons. The Bertz CT molecular complexity index is 1090. The van der Waals surface area contributed by atoms with Gasteiger partial charge in [0.2, 0.25) is 0 Å². The summed E-state index contributed by atoms with van der Waals surface area (Å²) in [5.74, 6) is 0.530. The predicted molar refractivity (Wildman–Crippen MR) is 108 cm³/mol. The average molecular weight is 393 g/mol. The lowest BCUT2D eigenvalue weighted by Gasteiger charge is -2.28. The zero-order valence-corrected chi connectivity index (χ0v) is 16.3. The van der Waals surface area contributed by atoms with Crippen molar-refractivity contribution in [2.75, 3.05) is 24.4 Å². The molecule has 0 saturated heterocycles. The quantitative estimate of drug-likeness (QED) is 0.700. The number of aryl methyl sites for hydroxylation is 1. The molecule has 0 aliphatic carbocycles. The molecule has 1 aliphatic rings. The van der Waals surface area contributed by atoms with E-state index in [9.17, 15) is 9.18 Å². The van der Waals surface area contributed by atoms with E-state index in [0.717, 1.165) is 0 Å². The SMILES string of the molecule is COc1ccc(OC)c(N2C(=O)c3cccnc3[C@H]2Nc2ccc(C)c(F)c2)c1. The van der Waals surface area contributed by atoms with Crippen LogP contribution in [0.1, 0.15) is 27.8 Å². The van der Waals surface area contributed by atoms with Crippen LogP contribution in [0.2, 0.25) is 0 Å². The first-order valence-corrected chi connectivity index (χ1v) is 9.06. The van der Waals surface area contributed by atoms with Gasteiger partial charge in [0.05, 0.1) is 31.2 Å². The number of methoxy groups -OCH3 is 2. The van der Waals surface area contributed by atoms with E-state index in [0.29, 0.717) is 39.7 Å². The summed E-state index contributed by atoms with van der Waals surface area (Å²) in [6, 6.07) is 13.5. The molecule has 1 aromatic heterocycles. The van der Waals surface area contributed by atoms with Gasteiger partial charge in [0, 0.05) is 18.0 Å². The number of nitrogens with zero attached hydrogens (tertiary/aromatic N) is 2. The first kappa shape index (κ1) is 18.7. The monoisotopic (exact) mass is 393 g/mol. The van der Waals surface area contributed by atoms with Crippen molar-refractivity contribution in [3.8, 4) is 11.5 Å². The van der Waals surface area contributed by atoms with Crippen LogP contribution in [-0.2, 0) is 0 Å². The van der Waals surface area contributed by atoms with Crippen molar-refractivity contribution >= 4 is 17.3 Å². The Morgan fingerprint density at radius 1 is 1.10 bits per heavy atom. The largest absolute Gasteiger partial charge is 0.497 e. The smallest absolute Gasteiger partial charge is 0.262 e. The molecular formula is C22H20FN3O3. The van der Waals surface area contributed by atoms with Crippen molar-refractivity contribution in [3.05, 3.63) is 77.4 Å². The number of nitrogens with one attached hydrogen (secondary N) is 1. The highest BCUT2D eigenvalue weighted by Gasteiger charge is 2.40. The number of benzene rings is 2. The average Bonchev–Trinajstić information content (AvgIpc) is 3.02. The molecule has 2 heterocycles. The number of hydrogen-bond donors (Lipinski definition) is 1. The molecule has 6 nitrogen and oxygen atoms in total. The summed E-state index contributed by atoms with van der Waals surface area (Å²) < 4.78 is 24.9. The lowest BCUT2D eigenvalue weighted by molar-refractivity contribution is 0.0992. The molecule has 1 aliphatic heterocycles. The number of hydrogen-bond acceptors (Lipinski definition) is 5. The maximum absolute atomic E-state index is 14.1. The fourth-order valence-corrected chi connectivity index (χ4v) is 3.39. The number of fused-ring (bicyclic) bond motifs is 1. The number of halogens is 1. The molecule has 29 heavy (non-hydrogen) atoms. The van der Waals surface area contributed by atoms with E-state index in [-0.39, 0.29) is 11.7 Å². The van der Waals surface area contributed by atoms with Gasteiger partial charge in [-0.15, -0.1) is 0 Å². The fourth-order valence-electron chi connectivity index (χ4n) is 3.39. The van der Waals surface area contributed by atoms with Crippen LogP contribution in [0.25, 0.3) is 0 Å². The van der Waals surface area contributed by atoms with Gasteiger partial charge in [0.25, 0.3) is 5.91 Å². The van der Waals surface area contributed by atoms with Crippen molar-refractivity contribution in [1.82, 2.24) is 4.98 Å². The van der Waals surface area contributed by atoms with E-state index in [4.69, 9.17) is 9.47 Å². The van der Waals surface area contributed by atoms with Crippen LogP contribution in [0, 0.1) is 12.7 Å². The summed E-state index contributed by atoms with van der Waals surface area (Å²) in [7, 11) is 3.09. The second-order valence-electron chi connectivity index (χ2n) is 6.66. The first-order chi connectivity index (χ1) is 14.0. The van der Waals surface area contributed by atoms with Crippen LogP contribution in [-0.4, -0.2) is 25.1 Å². The zero-order valence-electron chi connectivity index (χ0n) is 16.3. The molecule has 0 spiro atoms. The van der Waals surface area contributed by atoms with Gasteiger partial charge in [-0.1, -0.05) is 6.07 Å². The third kappa shape index (κ3) is 3.24. The van der Waals surface area contributed by atoms with Crippen LogP contribution < -0.4 is 19.7 Å². The third-order valence-corrected chi connectivity index (χ3v) is 4.93. The van der Waals surface area contributed by atoms with E-state index in [1.807, 2.05) is 0 Å². The molecule has 7 heteroatoms. The minimum atomic E-state index is -0.637. The van der Waals surface area contributed by atoms with Gasteiger partial charge in [-0.3, -0.25) is 14.7 Å². The van der Waals surface area contributed by atoms with Crippen molar-refractivity contribution in [2.24, 2.45) is 0 Å². The fraction of sp³-hybridized carbons (Fsp3) is 0.182. The van der Waals surface area contributed by atoms with E-state index in [1.54, 1.807) is 67.6 Å². The summed E-state index contributed by atoms with van der Waals surface area (Å²) in [4.78, 5) is 19.2. The molecule has 0 fully saturated rings. The van der Waals surface area contributed by atoms with E-state index >= 15 is 0 Å². The predicted octanol–water partition coefficient (Wildman–Crippen LogP) is 4.32. The Morgan fingerprint density at radius 3 is 2.66 bits per heavy atom. The lowest BCUT2D eigenvalue weighted by atomic mass is 10.2. The topological polar surface area (TPSA) is 63.7 Å². The number of amides is 1. The molecule has 0 saturated carbocycles. The second kappa shape index (κ2) is 7.43. The van der Waals surface area contributed by atoms with Crippen molar-refractivity contribution < 1.29 is 18.7 Å². The maximum atomic E-state index is 14.1. The van der Waals surface area contributed by atoms with Gasteiger partial charge in [0.15, 0.2) is 6.17 Å². The van der Waals surface area contributed by atoms with Crippen LogP contribution in [0.5, 0.6) is 11.5 Å². The first-order valence-electron chi connectivity index (χ1n) is 9.06. The Kier molecular flexibility index (Phi) is 4.80. The van der Waals surface area contributed by atoms with Gasteiger partial charge < -0.3 is 14.8 Å². The highest BCUT2D eigenvalue weighted by molar-refractivity contribution is 6.11. The molecular weight excluding hydrogens is 373 g/mol. The van der Waals surface area contributed by atoms with Crippen molar-refractivity contribution in [3.63, 3.8) is 0 Å². The molecule has 1 atom stereocenters. The number of carbonyl (C=O) groups is 1. The molecule has 148 valence electrons. The lowest BCUT2D eigenvalue weighted by Crippen LogP contribution is -2.32. The molecule has 4 rings (SSSR count). The van der Waals surface area contributed by atoms with Gasteiger partial charge in [-0.25, -0.2) is 4.39 Å². The number of pyridine rings is 1. The molecule has 3 aromatic rings. The highest BCUT2D eigenvalue weighted by Crippen LogP contribution is 2.42. The van der Waals surface area contributed by atoms with Crippen LogP contribution in [0.4, 0.5) is 15.8 Å². The van der Waals surface area contributed by atoms with Gasteiger partial charge in [-0.2, -0.15) is 0 Å². The maximum Gasteiger partial charge on any atom is 0.262 e. The summed E-state index contributed by atoms with van der Waals surface area (Å²) in [6.45, 7) is 1.70. The molecule has 2 aromatic carbocycles. The molecule has 0 bridgehead atoms. The minimum absolute atomic E-state index is 0.232. The molecule has 1 N–H and O–H groups in total. The van der Waals surface area contributed by atoms with Crippen LogP contribution in [0.3, 0.4) is 0 Å². The Balaban J connectivity index is 1.83. The van der Waals surface area contributed by atoms with Gasteiger partial charge >= 0.3 is 0 Å². The third-order valence-electron chi connectivity index (χ3n) is 4.93. The number of rotatable bonds is 5. The summed E-state index contributed by atoms with van der Waals surface area (Å²) >= 11 is 0. The minimum Gasteiger partial charge on any atom is -0.497 e. The number of ether oxygens (including phenoxy) is 2. The zero-order chi connectivity index (χ0) is 20.5.